The quantitative estimate of drug-likeness (QED) is 0.250. The standard InChI is InChI=1S/C51H75Si.3ClH.Ti/c1-20-21-23-35-24-22-25-45(35)52(42-29-36(46(2,3)4)26-37(30-42)47(5,6)7,43-31-38(48(8,9)10)27-39(32-43)49(11,12)13)44-33-40(50(14,15)16)28-41(34-44)51(17,18)19;;;;/h22,24-34H,20-21,23H2,1-19H3;3*1H;/q;;;;+3/p-3. The monoisotopic (exact) mass is 868 g/mol. The summed E-state index contributed by atoms with van der Waals surface area (Å²) < 4.78 is -0.189. The van der Waals surface area contributed by atoms with Gasteiger partial charge in [-0.2, -0.15) is 0 Å². The summed E-state index contributed by atoms with van der Waals surface area (Å²) >= 11 is 2.64. The second-order valence-electron chi connectivity index (χ2n) is 22.6. The smallest absolute Gasteiger partial charge is 1.00 e. The zero-order valence-corrected chi connectivity index (χ0v) is 43.5. The molecule has 0 saturated heterocycles. The Bertz CT molecular complexity index is 1600. The maximum Gasteiger partial charge on any atom is -1.00 e. The van der Waals surface area contributed by atoms with Crippen LogP contribution in [0.1, 0.15) is 184 Å². The maximum atomic E-state index is 2.68. The number of hydrogen-bond acceptors (Lipinski definition) is 0. The summed E-state index contributed by atoms with van der Waals surface area (Å²) in [7, 11) is -3.04. The van der Waals surface area contributed by atoms with Gasteiger partial charge in [0.25, 0.3) is 0 Å². The molecule has 308 valence electrons. The van der Waals surface area contributed by atoms with Gasteiger partial charge in [-0.1, -0.05) is 0 Å². The summed E-state index contributed by atoms with van der Waals surface area (Å²) in [5.74, 6) is 0. The van der Waals surface area contributed by atoms with Crippen LogP contribution >= 0.6 is 0 Å². The van der Waals surface area contributed by atoms with E-state index in [4.69, 9.17) is 0 Å². The second kappa shape index (κ2) is 17.9. The van der Waals surface area contributed by atoms with Crippen molar-refractivity contribution in [3.63, 3.8) is 0 Å². The Morgan fingerprint density at radius 3 is 0.911 bits per heavy atom. The Labute approximate surface area is 377 Å². The predicted octanol–water partition coefficient (Wildman–Crippen LogP) is 3.88. The minimum atomic E-state index is -3.04. The normalized spacial score (nSPS) is 16.8. The molecule has 0 aliphatic heterocycles. The molecule has 0 radical (unpaired) electrons. The summed E-state index contributed by atoms with van der Waals surface area (Å²) in [6.07, 6.45) is 11.1. The molecule has 1 aliphatic carbocycles. The van der Waals surface area contributed by atoms with E-state index in [1.165, 1.54) is 46.2 Å². The van der Waals surface area contributed by atoms with E-state index in [0.29, 0.717) is 0 Å². The Morgan fingerprint density at radius 1 is 0.446 bits per heavy atom. The Balaban J connectivity index is 0.00000523. The van der Waals surface area contributed by atoms with E-state index in [1.807, 2.05) is 0 Å². The van der Waals surface area contributed by atoms with Crippen LogP contribution in [0, 0.1) is 0 Å². The molecule has 1 aliphatic rings. The molecule has 0 spiro atoms. The molecule has 3 aromatic carbocycles. The molecule has 1 unspecified atom stereocenters. The van der Waals surface area contributed by atoms with E-state index in [9.17, 15) is 0 Å². The van der Waals surface area contributed by atoms with Gasteiger partial charge in [0.1, 0.15) is 0 Å². The first-order valence-corrected chi connectivity index (χ1v) is 23.3. The van der Waals surface area contributed by atoms with Crippen molar-refractivity contribution in [2.45, 2.75) is 187 Å². The Hall–Kier alpha value is -1.06. The first-order chi connectivity index (χ1) is 23.9. The molecule has 1 atom stereocenters. The zero-order valence-electron chi connectivity index (χ0n) is 38.7. The van der Waals surface area contributed by atoms with Crippen LogP contribution in [-0.4, -0.2) is 8.07 Å². The van der Waals surface area contributed by atoms with Crippen molar-refractivity contribution in [3.05, 3.63) is 112 Å². The van der Waals surface area contributed by atoms with Crippen LogP contribution in [0.4, 0.5) is 0 Å². The number of rotatable bonds is 7. The van der Waals surface area contributed by atoms with Crippen LogP contribution in [0.2, 0.25) is 3.34 Å². The summed E-state index contributed by atoms with van der Waals surface area (Å²) in [6, 6.07) is 23.7. The van der Waals surface area contributed by atoms with Crippen molar-refractivity contribution in [1.29, 1.82) is 0 Å². The molecule has 0 N–H and O–H groups in total. The average molecular weight is 870 g/mol. The van der Waals surface area contributed by atoms with Gasteiger partial charge in [-0.15, -0.1) is 0 Å². The van der Waals surface area contributed by atoms with Gasteiger partial charge >= 0.3 is 342 Å². The van der Waals surface area contributed by atoms with Crippen LogP contribution in [0.3, 0.4) is 0 Å². The predicted molar refractivity (Wildman–Crippen MR) is 236 cm³/mol. The third-order valence-corrected chi connectivity index (χ3v) is 19.5. The fourth-order valence-electron chi connectivity index (χ4n) is 7.87. The molecule has 0 saturated carbocycles. The van der Waals surface area contributed by atoms with Gasteiger partial charge in [-0.3, -0.25) is 0 Å². The largest absolute Gasteiger partial charge is 1.00 e. The summed E-state index contributed by atoms with van der Waals surface area (Å²) in [6.45, 7) is 45.6. The molecule has 0 aromatic heterocycles. The summed E-state index contributed by atoms with van der Waals surface area (Å²) in [5.41, 5.74) is 10.2. The molecule has 5 heteroatoms. The second-order valence-corrected chi connectivity index (χ2v) is 28.6. The third kappa shape index (κ3) is 10.8. The van der Waals surface area contributed by atoms with Gasteiger partial charge in [-0.05, 0) is 0 Å². The van der Waals surface area contributed by atoms with Crippen LogP contribution in [0.15, 0.2) is 78.4 Å². The molecule has 0 fully saturated rings. The summed E-state index contributed by atoms with van der Waals surface area (Å²) in [5, 5.41) is 4.63. The SMILES string of the molecule is CCCCC1=CC=C[C]1([Ti+3])[Si](c1cc(C(C)(C)C)cc(C(C)(C)C)c1)(c1cc(C(C)(C)C)cc(C(C)(C)C)c1)c1cc(C(C)(C)C)cc(C(C)(C)C)c1.[Cl-].[Cl-].[Cl-]. The van der Waals surface area contributed by atoms with E-state index in [2.05, 4.69) is 225 Å². The minimum Gasteiger partial charge on any atom is -1.00 e. The van der Waals surface area contributed by atoms with Gasteiger partial charge in [0.15, 0.2) is 0 Å². The Morgan fingerprint density at radius 2 is 0.696 bits per heavy atom. The number of unbranched alkanes of at least 4 members (excludes halogenated alkanes) is 1. The first-order valence-electron chi connectivity index (χ1n) is 20.5. The van der Waals surface area contributed by atoms with Gasteiger partial charge in [-0.25, -0.2) is 0 Å². The van der Waals surface area contributed by atoms with E-state index in [-0.39, 0.29) is 73.1 Å². The molecule has 0 amide bonds. The number of hydrogen-bond donors (Lipinski definition) is 0. The van der Waals surface area contributed by atoms with Crippen LogP contribution in [0.25, 0.3) is 0 Å². The van der Waals surface area contributed by atoms with E-state index < -0.39 is 8.07 Å². The molecule has 0 nitrogen and oxygen atoms in total. The van der Waals surface area contributed by atoms with Gasteiger partial charge in [0.2, 0.25) is 0 Å². The maximum absolute atomic E-state index is 3.04. The van der Waals surface area contributed by atoms with Crippen molar-refractivity contribution in [1.82, 2.24) is 0 Å². The van der Waals surface area contributed by atoms with Crippen molar-refractivity contribution in [2.75, 3.05) is 0 Å². The van der Waals surface area contributed by atoms with Crippen molar-refractivity contribution < 1.29 is 57.7 Å². The van der Waals surface area contributed by atoms with E-state index in [0.717, 1.165) is 6.42 Å². The van der Waals surface area contributed by atoms with Crippen LogP contribution < -0.4 is 52.8 Å². The zero-order chi connectivity index (χ0) is 40.4. The van der Waals surface area contributed by atoms with Crippen molar-refractivity contribution in [2.24, 2.45) is 0 Å². The van der Waals surface area contributed by atoms with Crippen molar-refractivity contribution in [3.8, 4) is 0 Å². The summed E-state index contributed by atoms with van der Waals surface area (Å²) in [4.78, 5) is 0. The fraction of sp³-hybridized carbons (Fsp3) is 0.569. The molecule has 0 bridgehead atoms. The molecule has 56 heavy (non-hydrogen) atoms. The first kappa shape index (κ1) is 53.0. The van der Waals surface area contributed by atoms with Gasteiger partial charge in [0.05, 0.1) is 0 Å². The molecule has 4 rings (SSSR count). The number of benzene rings is 3. The Kier molecular flexibility index (Phi) is 16.9. The van der Waals surface area contributed by atoms with Crippen LogP contribution in [0.5, 0.6) is 0 Å². The van der Waals surface area contributed by atoms with E-state index in [1.54, 1.807) is 21.1 Å². The van der Waals surface area contributed by atoms with Gasteiger partial charge in [0, 0.05) is 0 Å². The van der Waals surface area contributed by atoms with Gasteiger partial charge < -0.3 is 37.2 Å². The average Bonchev–Trinajstić information content (AvgIpc) is 3.38. The number of allylic oxidation sites excluding steroid dienone is 4. The number of halogens is 3. The molecular formula is C51H75Cl3SiTi. The molecule has 3 aromatic rings. The van der Waals surface area contributed by atoms with Crippen LogP contribution in [-0.2, 0) is 52.9 Å². The molecule has 0 heterocycles. The minimum absolute atomic E-state index is 0. The third-order valence-electron chi connectivity index (χ3n) is 11.8. The topological polar surface area (TPSA) is 0 Å². The van der Waals surface area contributed by atoms with Crippen molar-refractivity contribution >= 4 is 23.6 Å². The van der Waals surface area contributed by atoms with E-state index >= 15 is 0 Å². The molecular weight excluding hydrogens is 795 g/mol. The fourth-order valence-corrected chi connectivity index (χ4v) is 16.0.